The van der Waals surface area contributed by atoms with Gasteiger partial charge in [-0.2, -0.15) is 0 Å². The summed E-state index contributed by atoms with van der Waals surface area (Å²) in [5, 5.41) is 13.3. The second-order valence-corrected chi connectivity index (χ2v) is 7.55. The molecule has 2 fully saturated rings. The summed E-state index contributed by atoms with van der Waals surface area (Å²) in [5.41, 5.74) is -0.0693. The van der Waals surface area contributed by atoms with E-state index in [1.165, 1.54) is 44.9 Å². The van der Waals surface area contributed by atoms with E-state index in [-0.39, 0.29) is 12.1 Å². The third-order valence-electron chi connectivity index (χ3n) is 5.35. The first kappa shape index (κ1) is 16.3. The minimum Gasteiger partial charge on any atom is -0.394 e. The highest BCUT2D eigenvalue weighted by molar-refractivity contribution is 4.92. The summed E-state index contributed by atoms with van der Waals surface area (Å²) in [4.78, 5) is 2.57. The van der Waals surface area contributed by atoms with Crippen molar-refractivity contribution in [3.8, 4) is 0 Å². The van der Waals surface area contributed by atoms with Crippen LogP contribution in [0.5, 0.6) is 0 Å². The summed E-state index contributed by atoms with van der Waals surface area (Å²) in [6, 6.07) is 1.45. The maximum absolute atomic E-state index is 9.64. The Hall–Kier alpha value is -0.120. The highest BCUT2D eigenvalue weighted by Crippen LogP contribution is 2.28. The van der Waals surface area contributed by atoms with E-state index in [0.29, 0.717) is 6.04 Å². The maximum Gasteiger partial charge on any atom is 0.0610 e. The monoisotopic (exact) mass is 282 g/mol. The van der Waals surface area contributed by atoms with E-state index in [1.54, 1.807) is 0 Å². The van der Waals surface area contributed by atoms with Crippen molar-refractivity contribution in [3.63, 3.8) is 0 Å². The Morgan fingerprint density at radius 1 is 1.20 bits per heavy atom. The average molecular weight is 282 g/mol. The Labute approximate surface area is 125 Å². The van der Waals surface area contributed by atoms with Gasteiger partial charge in [-0.15, -0.1) is 0 Å². The van der Waals surface area contributed by atoms with E-state index in [4.69, 9.17) is 0 Å². The van der Waals surface area contributed by atoms with E-state index in [1.807, 2.05) is 0 Å². The number of rotatable bonds is 8. The topological polar surface area (TPSA) is 35.5 Å². The van der Waals surface area contributed by atoms with Gasteiger partial charge < -0.3 is 15.3 Å². The van der Waals surface area contributed by atoms with Gasteiger partial charge in [0.1, 0.15) is 0 Å². The molecule has 0 aromatic carbocycles. The van der Waals surface area contributed by atoms with E-state index in [2.05, 4.69) is 31.1 Å². The number of nitrogens with zero attached hydrogens (tertiary/aromatic N) is 1. The molecule has 0 saturated heterocycles. The molecule has 3 nitrogen and oxygen atoms in total. The SMILES string of the molecule is CC1CCCCC1N(C)CCCC(C)(CO)NC1CC1. The Morgan fingerprint density at radius 2 is 1.90 bits per heavy atom. The minimum atomic E-state index is -0.0693. The summed E-state index contributed by atoms with van der Waals surface area (Å²) >= 11 is 0. The van der Waals surface area contributed by atoms with Gasteiger partial charge in [0.15, 0.2) is 0 Å². The molecule has 3 unspecified atom stereocenters. The van der Waals surface area contributed by atoms with Crippen molar-refractivity contribution in [2.45, 2.75) is 82.8 Å². The molecule has 0 radical (unpaired) electrons. The summed E-state index contributed by atoms with van der Waals surface area (Å²) in [5.74, 6) is 0.850. The molecule has 3 atom stereocenters. The van der Waals surface area contributed by atoms with Crippen LogP contribution in [-0.4, -0.2) is 47.8 Å². The Kier molecular flexibility index (Phi) is 5.88. The quantitative estimate of drug-likeness (QED) is 0.718. The average Bonchev–Trinajstić information content (AvgIpc) is 3.23. The predicted octanol–water partition coefficient (Wildman–Crippen LogP) is 2.78. The fraction of sp³-hybridized carbons (Fsp3) is 1.00. The van der Waals surface area contributed by atoms with Gasteiger partial charge in [-0.3, -0.25) is 0 Å². The molecule has 0 aliphatic heterocycles. The van der Waals surface area contributed by atoms with Crippen molar-refractivity contribution in [1.29, 1.82) is 0 Å². The molecule has 2 aliphatic carbocycles. The lowest BCUT2D eigenvalue weighted by Crippen LogP contribution is -2.47. The molecule has 0 aromatic rings. The van der Waals surface area contributed by atoms with Gasteiger partial charge in [0.2, 0.25) is 0 Å². The number of nitrogens with one attached hydrogen (secondary N) is 1. The smallest absolute Gasteiger partial charge is 0.0610 e. The van der Waals surface area contributed by atoms with Crippen molar-refractivity contribution >= 4 is 0 Å². The van der Waals surface area contributed by atoms with Gasteiger partial charge in [0, 0.05) is 17.6 Å². The molecular weight excluding hydrogens is 248 g/mol. The van der Waals surface area contributed by atoms with Gasteiger partial charge in [-0.1, -0.05) is 19.8 Å². The zero-order valence-corrected chi connectivity index (χ0v) is 13.7. The molecule has 0 aromatic heterocycles. The van der Waals surface area contributed by atoms with Gasteiger partial charge in [0.05, 0.1) is 6.61 Å². The van der Waals surface area contributed by atoms with Crippen LogP contribution in [0.1, 0.15) is 65.2 Å². The molecule has 0 spiro atoms. The molecule has 0 amide bonds. The van der Waals surface area contributed by atoms with Crippen LogP contribution < -0.4 is 5.32 Å². The molecule has 118 valence electrons. The van der Waals surface area contributed by atoms with Crippen LogP contribution in [0.15, 0.2) is 0 Å². The van der Waals surface area contributed by atoms with Gasteiger partial charge in [0.25, 0.3) is 0 Å². The minimum absolute atomic E-state index is 0.0693. The van der Waals surface area contributed by atoms with Crippen LogP contribution in [0.4, 0.5) is 0 Å². The third-order valence-corrected chi connectivity index (χ3v) is 5.35. The van der Waals surface area contributed by atoms with Crippen LogP contribution in [0.2, 0.25) is 0 Å². The first-order chi connectivity index (χ1) is 9.54. The van der Waals surface area contributed by atoms with Crippen molar-refractivity contribution in [2.75, 3.05) is 20.2 Å². The van der Waals surface area contributed by atoms with Crippen molar-refractivity contribution in [2.24, 2.45) is 5.92 Å². The second kappa shape index (κ2) is 7.24. The van der Waals surface area contributed by atoms with Crippen LogP contribution in [0.3, 0.4) is 0 Å². The highest BCUT2D eigenvalue weighted by Gasteiger charge is 2.32. The number of hydrogen-bond donors (Lipinski definition) is 2. The summed E-state index contributed by atoms with van der Waals surface area (Å²) in [6.45, 7) is 6.01. The molecule has 0 bridgehead atoms. The lowest BCUT2D eigenvalue weighted by atomic mass is 9.85. The molecule has 2 saturated carbocycles. The lowest BCUT2D eigenvalue weighted by Gasteiger charge is -2.37. The number of hydrogen-bond acceptors (Lipinski definition) is 3. The molecule has 2 aliphatic rings. The highest BCUT2D eigenvalue weighted by atomic mass is 16.3. The largest absolute Gasteiger partial charge is 0.394 e. The van der Waals surface area contributed by atoms with Crippen LogP contribution in [-0.2, 0) is 0 Å². The van der Waals surface area contributed by atoms with Crippen molar-refractivity contribution in [3.05, 3.63) is 0 Å². The maximum atomic E-state index is 9.64. The third kappa shape index (κ3) is 4.71. The van der Waals surface area contributed by atoms with Gasteiger partial charge >= 0.3 is 0 Å². The second-order valence-electron chi connectivity index (χ2n) is 7.55. The number of aliphatic hydroxyl groups excluding tert-OH is 1. The fourth-order valence-electron chi connectivity index (χ4n) is 3.75. The van der Waals surface area contributed by atoms with Gasteiger partial charge in [-0.25, -0.2) is 0 Å². The predicted molar refractivity (Wildman–Crippen MR) is 84.9 cm³/mol. The Balaban J connectivity index is 1.70. The van der Waals surface area contributed by atoms with Crippen molar-refractivity contribution in [1.82, 2.24) is 10.2 Å². The normalized spacial score (nSPS) is 30.4. The summed E-state index contributed by atoms with van der Waals surface area (Å²) < 4.78 is 0. The van der Waals surface area contributed by atoms with Crippen molar-refractivity contribution < 1.29 is 5.11 Å². The number of aliphatic hydroxyl groups is 1. The first-order valence-electron chi connectivity index (χ1n) is 8.63. The standard InChI is InChI=1S/C17H34N2O/c1-14-7-4-5-8-16(14)19(3)12-6-11-17(2,13-20)18-15-9-10-15/h14-16,18,20H,4-13H2,1-3H3. The van der Waals surface area contributed by atoms with Crippen LogP contribution in [0.25, 0.3) is 0 Å². The van der Waals surface area contributed by atoms with E-state index >= 15 is 0 Å². The first-order valence-corrected chi connectivity index (χ1v) is 8.63. The zero-order chi connectivity index (χ0) is 14.6. The van der Waals surface area contributed by atoms with E-state index in [0.717, 1.165) is 24.9 Å². The summed E-state index contributed by atoms with van der Waals surface area (Å²) in [7, 11) is 2.29. The Bertz CT molecular complexity index is 293. The van der Waals surface area contributed by atoms with E-state index < -0.39 is 0 Å². The van der Waals surface area contributed by atoms with Crippen LogP contribution >= 0.6 is 0 Å². The summed E-state index contributed by atoms with van der Waals surface area (Å²) in [6.07, 6.45) is 10.4. The fourth-order valence-corrected chi connectivity index (χ4v) is 3.75. The Morgan fingerprint density at radius 3 is 2.50 bits per heavy atom. The molecule has 20 heavy (non-hydrogen) atoms. The molecule has 2 rings (SSSR count). The zero-order valence-electron chi connectivity index (χ0n) is 13.7. The van der Waals surface area contributed by atoms with Gasteiger partial charge in [-0.05, 0) is 65.0 Å². The molecular formula is C17H34N2O. The molecule has 2 N–H and O–H groups in total. The lowest BCUT2D eigenvalue weighted by molar-refractivity contribution is 0.123. The van der Waals surface area contributed by atoms with Crippen LogP contribution in [0, 0.1) is 5.92 Å². The van der Waals surface area contributed by atoms with E-state index in [9.17, 15) is 5.11 Å². The molecule has 3 heteroatoms. The molecule has 0 heterocycles.